The molecule has 0 amide bonds. The van der Waals surface area contributed by atoms with Gasteiger partial charge in [0.25, 0.3) is 0 Å². The number of furan rings is 1. The van der Waals surface area contributed by atoms with Gasteiger partial charge in [-0.3, -0.25) is 4.57 Å². The smallest absolute Gasteiger partial charge is 0.228 e. The first kappa shape index (κ1) is 19.9. The third-order valence-electron chi connectivity index (χ3n) is 5.26. The highest BCUT2D eigenvalue weighted by molar-refractivity contribution is 7.98. The van der Waals surface area contributed by atoms with Gasteiger partial charge < -0.3 is 13.7 Å². The van der Waals surface area contributed by atoms with Gasteiger partial charge in [-0.25, -0.2) is 0 Å². The Morgan fingerprint density at radius 3 is 2.52 bits per heavy atom. The van der Waals surface area contributed by atoms with Gasteiger partial charge in [-0.2, -0.15) is 0 Å². The van der Waals surface area contributed by atoms with Gasteiger partial charge in [0.15, 0.2) is 5.16 Å². The average molecular weight is 437 g/mol. The predicted molar refractivity (Wildman–Crippen MR) is 117 cm³/mol. The van der Waals surface area contributed by atoms with Crippen molar-refractivity contribution in [1.82, 2.24) is 25.0 Å². The lowest BCUT2D eigenvalue weighted by Gasteiger charge is -2.27. The van der Waals surface area contributed by atoms with Crippen molar-refractivity contribution in [2.75, 3.05) is 18.0 Å². The monoisotopic (exact) mass is 436 g/mol. The summed E-state index contributed by atoms with van der Waals surface area (Å²) in [4.78, 5) is 2.31. The van der Waals surface area contributed by atoms with Gasteiger partial charge in [-0.1, -0.05) is 42.1 Å². The van der Waals surface area contributed by atoms with Gasteiger partial charge in [-0.05, 0) is 37.0 Å². The molecule has 0 spiro atoms. The van der Waals surface area contributed by atoms with Crippen LogP contribution in [-0.4, -0.2) is 38.1 Å². The SMILES string of the molecule is c1ccc(Cc2nnc(CSc3nnc(N4CCCCC4)n3Cc3ccco3)o2)cc1. The highest BCUT2D eigenvalue weighted by Gasteiger charge is 2.21. The van der Waals surface area contributed by atoms with E-state index < -0.39 is 0 Å². The summed E-state index contributed by atoms with van der Waals surface area (Å²) in [6.45, 7) is 2.61. The Kier molecular flexibility index (Phi) is 6.01. The lowest BCUT2D eigenvalue weighted by Crippen LogP contribution is -2.32. The summed E-state index contributed by atoms with van der Waals surface area (Å²) in [5.74, 6) is 3.52. The third-order valence-corrected chi connectivity index (χ3v) is 6.21. The molecule has 160 valence electrons. The molecule has 1 fully saturated rings. The van der Waals surface area contributed by atoms with E-state index in [4.69, 9.17) is 8.83 Å². The highest BCUT2D eigenvalue weighted by Crippen LogP contribution is 2.27. The number of anilines is 1. The van der Waals surface area contributed by atoms with Gasteiger partial charge in [0.2, 0.25) is 17.7 Å². The number of hydrogen-bond donors (Lipinski definition) is 0. The fraction of sp³-hybridized carbons (Fsp3) is 0.364. The Morgan fingerprint density at radius 2 is 1.71 bits per heavy atom. The zero-order chi connectivity index (χ0) is 20.9. The van der Waals surface area contributed by atoms with Crippen molar-refractivity contribution < 1.29 is 8.83 Å². The zero-order valence-electron chi connectivity index (χ0n) is 17.2. The van der Waals surface area contributed by atoms with Crippen molar-refractivity contribution in [3.05, 3.63) is 71.8 Å². The maximum Gasteiger partial charge on any atom is 0.228 e. The molecule has 0 atom stereocenters. The van der Waals surface area contributed by atoms with Crippen LogP contribution in [0.5, 0.6) is 0 Å². The molecule has 4 aromatic rings. The molecule has 1 aliphatic rings. The molecule has 1 aliphatic heterocycles. The van der Waals surface area contributed by atoms with E-state index in [2.05, 4.69) is 42.0 Å². The Hall–Kier alpha value is -3.07. The van der Waals surface area contributed by atoms with Crippen molar-refractivity contribution in [2.24, 2.45) is 0 Å². The maximum atomic E-state index is 5.85. The Labute approximate surface area is 184 Å². The Bertz CT molecular complexity index is 1090. The first-order valence-corrected chi connectivity index (χ1v) is 11.5. The molecule has 0 aliphatic carbocycles. The van der Waals surface area contributed by atoms with E-state index in [1.807, 2.05) is 30.3 Å². The van der Waals surface area contributed by atoms with Crippen molar-refractivity contribution in [3.63, 3.8) is 0 Å². The minimum absolute atomic E-state index is 0.540. The van der Waals surface area contributed by atoms with E-state index in [1.165, 1.54) is 19.3 Å². The molecule has 0 bridgehead atoms. The van der Waals surface area contributed by atoms with Crippen LogP contribution in [-0.2, 0) is 18.7 Å². The molecule has 0 saturated carbocycles. The van der Waals surface area contributed by atoms with Gasteiger partial charge >= 0.3 is 0 Å². The number of thioether (sulfide) groups is 1. The summed E-state index contributed by atoms with van der Waals surface area (Å²) in [7, 11) is 0. The molecule has 31 heavy (non-hydrogen) atoms. The van der Waals surface area contributed by atoms with Crippen LogP contribution in [0, 0.1) is 0 Å². The van der Waals surface area contributed by atoms with Crippen molar-refractivity contribution in [3.8, 4) is 0 Å². The fourth-order valence-electron chi connectivity index (χ4n) is 3.73. The highest BCUT2D eigenvalue weighted by atomic mass is 32.2. The molecule has 0 radical (unpaired) electrons. The van der Waals surface area contributed by atoms with E-state index >= 15 is 0 Å². The first-order valence-electron chi connectivity index (χ1n) is 10.5. The van der Waals surface area contributed by atoms with Crippen molar-refractivity contribution in [2.45, 2.75) is 43.1 Å². The fourth-order valence-corrected chi connectivity index (χ4v) is 4.50. The molecule has 0 unspecified atom stereocenters. The van der Waals surface area contributed by atoms with Crippen LogP contribution in [0.1, 0.15) is 42.4 Å². The number of hydrogen-bond acceptors (Lipinski definition) is 8. The van der Waals surface area contributed by atoms with Gasteiger partial charge in [0.05, 0.1) is 25.0 Å². The minimum atomic E-state index is 0.540. The Balaban J connectivity index is 1.30. The second-order valence-electron chi connectivity index (χ2n) is 7.54. The quantitative estimate of drug-likeness (QED) is 0.380. The summed E-state index contributed by atoms with van der Waals surface area (Å²) in [6, 6.07) is 14.0. The van der Waals surface area contributed by atoms with Crippen LogP contribution in [0.3, 0.4) is 0 Å². The lowest BCUT2D eigenvalue weighted by atomic mass is 10.1. The Morgan fingerprint density at radius 1 is 0.871 bits per heavy atom. The first-order chi connectivity index (χ1) is 15.3. The molecular formula is C22H24N6O2S. The number of rotatable bonds is 8. The molecular weight excluding hydrogens is 412 g/mol. The van der Waals surface area contributed by atoms with Crippen molar-refractivity contribution in [1.29, 1.82) is 0 Å². The van der Waals surface area contributed by atoms with E-state index in [0.29, 0.717) is 30.5 Å². The second-order valence-corrected chi connectivity index (χ2v) is 8.48. The van der Waals surface area contributed by atoms with Crippen LogP contribution in [0.2, 0.25) is 0 Å². The van der Waals surface area contributed by atoms with Crippen molar-refractivity contribution >= 4 is 17.7 Å². The van der Waals surface area contributed by atoms with Gasteiger partial charge in [0.1, 0.15) is 5.76 Å². The van der Waals surface area contributed by atoms with E-state index in [9.17, 15) is 0 Å². The van der Waals surface area contributed by atoms with Crippen LogP contribution in [0.25, 0.3) is 0 Å². The average Bonchev–Trinajstić information content (AvgIpc) is 3.56. The summed E-state index contributed by atoms with van der Waals surface area (Å²) < 4.78 is 13.6. The molecule has 1 aromatic carbocycles. The van der Waals surface area contributed by atoms with E-state index in [1.54, 1.807) is 18.0 Å². The van der Waals surface area contributed by atoms with Gasteiger partial charge in [0, 0.05) is 13.1 Å². The zero-order valence-corrected chi connectivity index (χ0v) is 18.0. The third kappa shape index (κ3) is 4.82. The standard InChI is InChI=1S/C22H24N6O2S/c1-3-8-17(9-4-1)14-19-23-24-20(30-19)16-31-22-26-25-21(27-11-5-2-6-12-27)28(22)15-18-10-7-13-29-18/h1,3-4,7-10,13H,2,5-6,11-12,14-16H2. The summed E-state index contributed by atoms with van der Waals surface area (Å²) in [5.41, 5.74) is 1.15. The van der Waals surface area contributed by atoms with Crippen LogP contribution < -0.4 is 4.90 Å². The van der Waals surface area contributed by atoms with E-state index in [-0.39, 0.29) is 0 Å². The number of aromatic nitrogens is 5. The summed E-state index contributed by atoms with van der Waals surface area (Å²) in [6.07, 6.45) is 5.96. The molecule has 3 aromatic heterocycles. The van der Waals surface area contributed by atoms with Crippen LogP contribution in [0.15, 0.2) is 62.7 Å². The van der Waals surface area contributed by atoms with Crippen LogP contribution in [0.4, 0.5) is 5.95 Å². The normalized spacial score (nSPS) is 14.3. The molecule has 1 saturated heterocycles. The summed E-state index contributed by atoms with van der Waals surface area (Å²) in [5, 5.41) is 18.2. The molecule has 8 nitrogen and oxygen atoms in total. The molecule has 5 rings (SSSR count). The van der Waals surface area contributed by atoms with Crippen LogP contribution >= 0.6 is 11.8 Å². The molecule has 4 heterocycles. The van der Waals surface area contributed by atoms with Gasteiger partial charge in [-0.15, -0.1) is 20.4 Å². The topological polar surface area (TPSA) is 86.0 Å². The van der Waals surface area contributed by atoms with E-state index in [0.717, 1.165) is 35.5 Å². The minimum Gasteiger partial charge on any atom is -0.467 e. The molecule has 0 N–H and O–H groups in total. The summed E-state index contributed by atoms with van der Waals surface area (Å²) >= 11 is 1.55. The largest absolute Gasteiger partial charge is 0.467 e. The maximum absolute atomic E-state index is 5.85. The predicted octanol–water partition coefficient (Wildman–Crippen LogP) is 4.18. The number of nitrogens with zero attached hydrogens (tertiary/aromatic N) is 6. The second kappa shape index (κ2) is 9.38. The number of benzene rings is 1. The lowest BCUT2D eigenvalue weighted by molar-refractivity contribution is 0.472. The number of piperidine rings is 1. The molecule has 9 heteroatoms.